The zero-order chi connectivity index (χ0) is 23.5. The molecule has 0 bridgehead atoms. The first-order chi connectivity index (χ1) is 15.8. The smallest absolute Gasteiger partial charge is 0.404 e. The van der Waals surface area contributed by atoms with Crippen molar-refractivity contribution in [3.8, 4) is 0 Å². The summed E-state index contributed by atoms with van der Waals surface area (Å²) in [6, 6.07) is 10.1. The Balaban J connectivity index is 0.000000799. The topological polar surface area (TPSA) is 99.5 Å². The van der Waals surface area contributed by atoms with E-state index >= 15 is 0 Å². The van der Waals surface area contributed by atoms with Gasteiger partial charge in [-0.05, 0) is 35.9 Å². The highest BCUT2D eigenvalue weighted by molar-refractivity contribution is 6.32. The summed E-state index contributed by atoms with van der Waals surface area (Å²) in [5, 5.41) is 19.4. The van der Waals surface area contributed by atoms with Crippen LogP contribution < -0.4 is 15.5 Å². The molecule has 2 amide bonds. The fraction of sp³-hybridized carbons (Fsp3) is 0.261. The molecule has 3 aromatic rings. The summed E-state index contributed by atoms with van der Waals surface area (Å²) in [5.41, 5.74) is 3.17. The number of hydrogen-bond acceptors (Lipinski definition) is 4. The molecule has 3 N–H and O–H groups in total. The Morgan fingerprint density at radius 1 is 1.15 bits per heavy atom. The fourth-order valence-corrected chi connectivity index (χ4v) is 3.74. The van der Waals surface area contributed by atoms with E-state index in [1.165, 1.54) is 19.3 Å². The van der Waals surface area contributed by atoms with Gasteiger partial charge in [0.25, 0.3) is 5.91 Å². The highest BCUT2D eigenvalue weighted by Crippen LogP contribution is 2.38. The van der Waals surface area contributed by atoms with E-state index in [9.17, 15) is 9.59 Å². The van der Waals surface area contributed by atoms with Crippen LogP contribution in [-0.4, -0.2) is 26.9 Å². The number of nitrogens with one attached hydrogen (secondary N) is 2. The van der Waals surface area contributed by atoms with Gasteiger partial charge in [0.15, 0.2) is 0 Å². The maximum absolute atomic E-state index is 13.4. The molecule has 10 heteroatoms. The Labute approximate surface area is 201 Å². The van der Waals surface area contributed by atoms with Gasteiger partial charge in [0.05, 0.1) is 24.1 Å². The first-order valence-electron chi connectivity index (χ1n) is 10.5. The van der Waals surface area contributed by atoms with Crippen LogP contribution in [0.5, 0.6) is 0 Å². The average Bonchev–Trinajstić information content (AvgIpc) is 3.63. The summed E-state index contributed by atoms with van der Waals surface area (Å²) in [6.45, 7) is 0.361. The summed E-state index contributed by atoms with van der Waals surface area (Å²) < 4.78 is 1.70. The van der Waals surface area contributed by atoms with Crippen molar-refractivity contribution >= 4 is 52.4 Å². The van der Waals surface area contributed by atoms with Crippen molar-refractivity contribution in [1.82, 2.24) is 15.1 Å². The second-order valence-corrected chi connectivity index (χ2v) is 8.69. The normalized spacial score (nSPS) is 13.5. The van der Waals surface area contributed by atoms with Gasteiger partial charge in [0.2, 0.25) is 0 Å². The van der Waals surface area contributed by atoms with Gasteiger partial charge in [-0.3, -0.25) is 9.48 Å². The first-order valence-corrected chi connectivity index (χ1v) is 11.2. The van der Waals surface area contributed by atoms with Crippen molar-refractivity contribution in [2.45, 2.75) is 32.4 Å². The van der Waals surface area contributed by atoms with Crippen molar-refractivity contribution in [2.75, 3.05) is 10.2 Å². The Morgan fingerprint density at radius 2 is 1.91 bits per heavy atom. The molecule has 0 unspecified atom stereocenters. The average molecular weight is 488 g/mol. The molecule has 5 rings (SSSR count). The van der Waals surface area contributed by atoms with Gasteiger partial charge >= 0.3 is 6.09 Å². The molecule has 1 aliphatic heterocycles. The first kappa shape index (κ1) is 22.9. The number of carboxylic acid groups (broad SMARTS) is 1. The minimum absolute atomic E-state index is 0.0522. The lowest BCUT2D eigenvalue weighted by atomic mass is 10.1. The van der Waals surface area contributed by atoms with Gasteiger partial charge in [-0.15, -0.1) is 0 Å². The Hall–Kier alpha value is -3.23. The molecule has 2 heterocycles. The van der Waals surface area contributed by atoms with Crippen molar-refractivity contribution in [1.29, 1.82) is 0 Å². The quantitative estimate of drug-likeness (QED) is 0.448. The number of carbonyl (C=O) groups excluding carboxylic acids is 1. The third kappa shape index (κ3) is 5.40. The van der Waals surface area contributed by atoms with Gasteiger partial charge in [0.1, 0.15) is 5.82 Å². The molecule has 1 fully saturated rings. The van der Waals surface area contributed by atoms with Gasteiger partial charge in [0, 0.05) is 34.8 Å². The maximum Gasteiger partial charge on any atom is 0.404 e. The van der Waals surface area contributed by atoms with Gasteiger partial charge < -0.3 is 20.6 Å². The summed E-state index contributed by atoms with van der Waals surface area (Å²) >= 11 is 12.5. The van der Waals surface area contributed by atoms with E-state index < -0.39 is 6.09 Å². The SMILES string of the molecule is C1CC1.Cn1ncc2c1Nc1cc(Cl)ccc1N(C(=O)c1ccc(CNC(=O)O)c(Cl)c1)C2. The summed E-state index contributed by atoms with van der Waals surface area (Å²) in [5.74, 6) is 0.527. The summed E-state index contributed by atoms with van der Waals surface area (Å²) in [7, 11) is 1.82. The molecular formula is C23H23Cl2N5O3. The number of carbonyl (C=O) groups is 2. The molecule has 0 atom stereocenters. The number of benzene rings is 2. The predicted molar refractivity (Wildman–Crippen MR) is 129 cm³/mol. The van der Waals surface area contributed by atoms with Crippen LogP contribution in [0.3, 0.4) is 0 Å². The monoisotopic (exact) mass is 487 g/mol. The molecule has 1 aliphatic carbocycles. The number of aromatic nitrogens is 2. The van der Waals surface area contributed by atoms with Crippen LogP contribution >= 0.6 is 23.2 Å². The molecule has 0 saturated heterocycles. The molecule has 33 heavy (non-hydrogen) atoms. The zero-order valence-electron chi connectivity index (χ0n) is 17.9. The standard InChI is InChI=1S/C20H17Cl2N5O3.C3H6/c1-26-18-13(9-24-26)10-27(17-5-4-14(21)7-16(17)25-18)19(28)11-2-3-12(15(22)6-11)8-23-20(29)30;1-2-3-1/h2-7,9,23,25H,8,10H2,1H3,(H,29,30);1-3H2. The lowest BCUT2D eigenvalue weighted by molar-refractivity contribution is 0.0985. The van der Waals surface area contributed by atoms with Gasteiger partial charge in [-0.25, -0.2) is 4.79 Å². The Bertz CT molecular complexity index is 1210. The van der Waals surface area contributed by atoms with E-state index in [0.717, 1.165) is 11.4 Å². The molecule has 2 aliphatic rings. The molecule has 172 valence electrons. The van der Waals surface area contributed by atoms with Crippen molar-refractivity contribution in [3.05, 3.63) is 69.3 Å². The molecular weight excluding hydrogens is 465 g/mol. The third-order valence-corrected chi connectivity index (χ3v) is 5.76. The molecule has 0 spiro atoms. The number of amides is 2. The number of nitrogens with zero attached hydrogens (tertiary/aromatic N) is 3. The number of aryl methyl sites for hydroxylation is 1. The van der Waals surface area contributed by atoms with E-state index in [1.807, 2.05) is 7.05 Å². The number of halogens is 2. The predicted octanol–water partition coefficient (Wildman–Crippen LogP) is 5.57. The highest BCUT2D eigenvalue weighted by Gasteiger charge is 2.27. The van der Waals surface area contributed by atoms with Crippen LogP contribution in [0.2, 0.25) is 10.0 Å². The van der Waals surface area contributed by atoms with Gasteiger partial charge in [-0.2, -0.15) is 5.10 Å². The van der Waals surface area contributed by atoms with E-state index in [2.05, 4.69) is 15.7 Å². The molecule has 2 aromatic carbocycles. The Morgan fingerprint density at radius 3 is 2.58 bits per heavy atom. The molecule has 1 saturated carbocycles. The second kappa shape index (κ2) is 9.72. The number of hydrogen-bond donors (Lipinski definition) is 3. The van der Waals surface area contributed by atoms with Crippen molar-refractivity contribution in [2.24, 2.45) is 7.05 Å². The van der Waals surface area contributed by atoms with E-state index in [-0.39, 0.29) is 12.5 Å². The van der Waals surface area contributed by atoms with Crippen molar-refractivity contribution < 1.29 is 14.7 Å². The fourth-order valence-electron chi connectivity index (χ4n) is 3.32. The maximum atomic E-state index is 13.4. The highest BCUT2D eigenvalue weighted by atomic mass is 35.5. The van der Waals surface area contributed by atoms with Crippen LogP contribution in [0, 0.1) is 0 Å². The van der Waals surface area contributed by atoms with Crippen molar-refractivity contribution in [3.63, 3.8) is 0 Å². The summed E-state index contributed by atoms with van der Waals surface area (Å²) in [4.78, 5) is 25.8. The van der Waals surface area contributed by atoms with Crippen LogP contribution in [-0.2, 0) is 20.1 Å². The number of rotatable bonds is 3. The lowest BCUT2D eigenvalue weighted by Gasteiger charge is -2.23. The van der Waals surface area contributed by atoms with Crippen LogP contribution in [0.1, 0.15) is 40.7 Å². The number of fused-ring (bicyclic) bond motifs is 2. The minimum atomic E-state index is -1.15. The lowest BCUT2D eigenvalue weighted by Crippen LogP contribution is -2.30. The zero-order valence-corrected chi connectivity index (χ0v) is 19.5. The third-order valence-electron chi connectivity index (χ3n) is 5.17. The second-order valence-electron chi connectivity index (χ2n) is 7.85. The molecule has 1 aromatic heterocycles. The largest absolute Gasteiger partial charge is 0.465 e. The van der Waals surface area contributed by atoms with Crippen LogP contribution in [0.4, 0.5) is 22.0 Å². The van der Waals surface area contributed by atoms with E-state index in [4.69, 9.17) is 28.3 Å². The minimum Gasteiger partial charge on any atom is -0.465 e. The van der Waals surface area contributed by atoms with Crippen LogP contribution in [0.25, 0.3) is 0 Å². The molecule has 0 radical (unpaired) electrons. The number of anilines is 3. The van der Waals surface area contributed by atoms with E-state index in [1.54, 1.807) is 52.2 Å². The van der Waals surface area contributed by atoms with E-state index in [0.29, 0.717) is 39.1 Å². The Kier molecular flexibility index (Phi) is 6.76. The van der Waals surface area contributed by atoms with Crippen LogP contribution in [0.15, 0.2) is 42.6 Å². The summed E-state index contributed by atoms with van der Waals surface area (Å²) in [6.07, 6.45) is 5.06. The van der Waals surface area contributed by atoms with Gasteiger partial charge in [-0.1, -0.05) is 48.5 Å². The molecule has 8 nitrogen and oxygen atoms in total.